The minimum Gasteiger partial charge on any atom is -0.370 e. The van der Waals surface area contributed by atoms with Gasteiger partial charge >= 0.3 is 15.6 Å². The summed E-state index contributed by atoms with van der Waals surface area (Å²) in [5, 5.41) is 2.98. The molecule has 2 aliphatic heterocycles. The SMILES string of the molecule is Cc1cc(C(=O)N2CCN(CCCC[P+](c3ccccc3)(c3ccccc3)c3ccccc3)CC2)ccc1C1=C2C=C(F)C(=O)C(F)=C2[Si](C)(C)c2c1cc(F)c(OS(=O)(=O)C(F)(F)F)c2F. The Labute approximate surface area is 385 Å². The number of Topliss-reactive ketones (excluding diaryl/α,β-unsaturated/α-hetero) is 1. The topological polar surface area (TPSA) is 84.0 Å². The Kier molecular flexibility index (Phi) is 13.2. The van der Waals surface area contributed by atoms with Crippen molar-refractivity contribution in [2.45, 2.75) is 38.4 Å². The average molecular weight is 978 g/mol. The normalized spacial score (nSPS) is 16.7. The highest BCUT2D eigenvalue weighted by atomic mass is 32.2. The van der Waals surface area contributed by atoms with Crippen molar-refractivity contribution in [2.24, 2.45) is 0 Å². The summed E-state index contributed by atoms with van der Waals surface area (Å²) in [5.74, 6) is -10.6. The highest BCUT2D eigenvalue weighted by Crippen LogP contribution is 2.56. The van der Waals surface area contributed by atoms with Crippen molar-refractivity contribution in [1.82, 2.24) is 9.80 Å². The zero-order valence-corrected chi connectivity index (χ0v) is 39.4. The van der Waals surface area contributed by atoms with E-state index in [-0.39, 0.29) is 33.7 Å². The first-order valence-electron chi connectivity index (χ1n) is 21.6. The van der Waals surface area contributed by atoms with E-state index in [4.69, 9.17) is 0 Å². The van der Waals surface area contributed by atoms with E-state index in [0.29, 0.717) is 37.8 Å². The molecule has 2 heterocycles. The van der Waals surface area contributed by atoms with Crippen molar-refractivity contribution in [1.29, 1.82) is 0 Å². The lowest BCUT2D eigenvalue weighted by Gasteiger charge is -2.38. The lowest BCUT2D eigenvalue weighted by Crippen LogP contribution is -2.52. The predicted octanol–water partition coefficient (Wildman–Crippen LogP) is 8.96. The van der Waals surface area contributed by atoms with E-state index < -0.39 is 76.2 Å². The molecular formula is C50H45F7N2O5PSSi+. The largest absolute Gasteiger partial charge is 0.534 e. The van der Waals surface area contributed by atoms with Gasteiger partial charge in [-0.15, -0.1) is 0 Å². The van der Waals surface area contributed by atoms with Crippen LogP contribution in [0.25, 0.3) is 5.57 Å². The number of benzene rings is 5. The van der Waals surface area contributed by atoms with E-state index in [2.05, 4.69) is 81.9 Å². The van der Waals surface area contributed by atoms with E-state index in [1.165, 1.54) is 47.2 Å². The molecule has 0 radical (unpaired) electrons. The van der Waals surface area contributed by atoms with E-state index in [1.807, 2.05) is 18.2 Å². The number of carbonyl (C=O) groups is 2. The fraction of sp³-hybridized carbons (Fsp3) is 0.240. The number of hydrogen-bond donors (Lipinski definition) is 0. The minimum absolute atomic E-state index is 0.138. The second kappa shape index (κ2) is 18.4. The molecule has 67 heavy (non-hydrogen) atoms. The summed E-state index contributed by atoms with van der Waals surface area (Å²) in [6, 6.07) is 37.1. The molecule has 7 nitrogen and oxygen atoms in total. The highest BCUT2D eigenvalue weighted by Gasteiger charge is 2.52. The molecular weight excluding hydrogens is 933 g/mol. The van der Waals surface area contributed by atoms with Gasteiger partial charge in [0.2, 0.25) is 11.5 Å². The van der Waals surface area contributed by atoms with Crippen molar-refractivity contribution in [3.8, 4) is 5.75 Å². The quantitative estimate of drug-likeness (QED) is 0.0310. The van der Waals surface area contributed by atoms with Gasteiger partial charge in [0, 0.05) is 31.7 Å². The number of unbranched alkanes of at least 4 members (excludes halogenated alkanes) is 1. The van der Waals surface area contributed by atoms with Crippen molar-refractivity contribution in [3.05, 3.63) is 178 Å². The molecule has 0 bridgehead atoms. The molecule has 1 fully saturated rings. The fourth-order valence-corrected chi connectivity index (χ4v) is 17.8. The number of nitrogens with zero attached hydrogens (tertiary/aromatic N) is 2. The molecule has 5 aromatic carbocycles. The molecule has 348 valence electrons. The van der Waals surface area contributed by atoms with Crippen LogP contribution in [-0.2, 0) is 14.9 Å². The van der Waals surface area contributed by atoms with Crippen molar-refractivity contribution in [3.63, 3.8) is 0 Å². The Morgan fingerprint density at radius 2 is 1.31 bits per heavy atom. The standard InChI is InChI=1S/C50H45F7N2O5PSSi/c1-32-29-33(49(61)59-26-24-58(25-27-59)23-13-14-28-65(34-15-7-4-8-16-34,35-17-9-5-10-18-35)36-19-11-6-12-20-36)21-22-37(32)42-38-30-40(51)45(60)43(53)47(38)67(2,3)48-39(42)31-41(52)46(44(48)54)64-66(62,63)50(55,56)57/h4-12,15-22,29-31H,13-14,23-28H2,1-3H3/q+1. The molecule has 0 atom stereocenters. The number of aryl methyl sites for hydroxylation is 1. The van der Waals surface area contributed by atoms with Gasteiger partial charge in [-0.25, -0.2) is 17.6 Å². The first kappa shape index (κ1) is 47.8. The number of allylic oxidation sites excluding steroid dienone is 5. The smallest absolute Gasteiger partial charge is 0.370 e. The van der Waals surface area contributed by atoms with Gasteiger partial charge in [0.05, 0.1) is 6.16 Å². The summed E-state index contributed by atoms with van der Waals surface area (Å²) in [7, 11) is -12.5. The summed E-state index contributed by atoms with van der Waals surface area (Å²) in [5.41, 5.74) is -6.06. The zero-order valence-electron chi connectivity index (χ0n) is 36.6. The fourth-order valence-electron chi connectivity index (χ4n) is 9.61. The Bertz CT molecular complexity index is 2880. The van der Waals surface area contributed by atoms with Gasteiger partial charge in [-0.3, -0.25) is 14.5 Å². The van der Waals surface area contributed by atoms with Gasteiger partial charge in [0.15, 0.2) is 23.3 Å². The van der Waals surface area contributed by atoms with Gasteiger partial charge in [-0.05, 0) is 125 Å². The maximum Gasteiger partial charge on any atom is 0.534 e. The molecule has 0 spiro atoms. The summed E-state index contributed by atoms with van der Waals surface area (Å²) < 4.78 is 131. The lowest BCUT2D eigenvalue weighted by atomic mass is 9.86. The first-order chi connectivity index (χ1) is 31.8. The number of carbonyl (C=O) groups excluding carboxylic acids is 2. The zero-order chi connectivity index (χ0) is 48.1. The molecule has 0 N–H and O–H groups in total. The highest BCUT2D eigenvalue weighted by molar-refractivity contribution is 7.95. The van der Waals surface area contributed by atoms with Crippen molar-refractivity contribution in [2.75, 3.05) is 38.9 Å². The number of amides is 1. The third-order valence-electron chi connectivity index (χ3n) is 12.8. The Morgan fingerprint density at radius 3 is 1.84 bits per heavy atom. The summed E-state index contributed by atoms with van der Waals surface area (Å²) in [4.78, 5) is 30.7. The number of halogens is 7. The van der Waals surface area contributed by atoms with Gasteiger partial charge in [-0.2, -0.15) is 21.6 Å². The van der Waals surface area contributed by atoms with Crippen LogP contribution in [-0.4, -0.2) is 82.4 Å². The van der Waals surface area contributed by atoms with Gasteiger partial charge in [0.1, 0.15) is 31.2 Å². The van der Waals surface area contributed by atoms with E-state index in [9.17, 15) is 31.2 Å². The predicted molar refractivity (Wildman–Crippen MR) is 250 cm³/mol. The molecule has 0 saturated carbocycles. The maximum atomic E-state index is 16.5. The number of hydrogen-bond acceptors (Lipinski definition) is 6. The van der Waals surface area contributed by atoms with Crippen LogP contribution in [0.3, 0.4) is 0 Å². The van der Waals surface area contributed by atoms with Crippen LogP contribution in [0.5, 0.6) is 5.75 Å². The molecule has 1 aliphatic carbocycles. The molecule has 1 saturated heterocycles. The summed E-state index contributed by atoms with van der Waals surface area (Å²) in [6.07, 6.45) is 3.67. The Balaban J connectivity index is 1.01. The number of piperazine rings is 1. The monoisotopic (exact) mass is 977 g/mol. The van der Waals surface area contributed by atoms with Crippen LogP contribution in [0.2, 0.25) is 13.1 Å². The van der Waals surface area contributed by atoms with Crippen LogP contribution < -0.4 is 25.3 Å². The Hall–Kier alpha value is -5.67. The van der Waals surface area contributed by atoms with E-state index in [1.54, 1.807) is 11.8 Å². The molecule has 1 amide bonds. The van der Waals surface area contributed by atoms with Crippen LogP contribution in [0.4, 0.5) is 30.7 Å². The molecule has 0 aromatic heterocycles. The first-order valence-corrected chi connectivity index (χ1v) is 27.9. The van der Waals surface area contributed by atoms with Gasteiger partial charge in [0.25, 0.3) is 5.91 Å². The molecule has 0 unspecified atom stereocenters. The molecule has 8 rings (SSSR count). The summed E-state index contributed by atoms with van der Waals surface area (Å²) >= 11 is 0. The van der Waals surface area contributed by atoms with E-state index in [0.717, 1.165) is 31.6 Å². The van der Waals surface area contributed by atoms with Crippen LogP contribution >= 0.6 is 7.26 Å². The van der Waals surface area contributed by atoms with E-state index >= 15 is 17.6 Å². The average Bonchev–Trinajstić information content (AvgIpc) is 3.30. The molecule has 3 aliphatic rings. The van der Waals surface area contributed by atoms with Crippen LogP contribution in [0.15, 0.2) is 144 Å². The molecule has 17 heteroatoms. The third-order valence-corrected chi connectivity index (χ3v) is 21.8. The number of alkyl halides is 3. The van der Waals surface area contributed by atoms with Crippen LogP contribution in [0.1, 0.15) is 39.9 Å². The second-order valence-electron chi connectivity index (χ2n) is 17.2. The number of rotatable bonds is 12. The lowest BCUT2D eigenvalue weighted by molar-refractivity contribution is -0.115. The summed E-state index contributed by atoms with van der Waals surface area (Å²) in [6.45, 7) is 7.16. The number of ketones is 1. The van der Waals surface area contributed by atoms with Crippen molar-refractivity contribution < 1.29 is 52.9 Å². The Morgan fingerprint density at radius 1 is 0.761 bits per heavy atom. The van der Waals surface area contributed by atoms with Gasteiger partial charge in [-0.1, -0.05) is 73.8 Å². The van der Waals surface area contributed by atoms with Crippen LogP contribution in [0, 0.1) is 18.6 Å². The van der Waals surface area contributed by atoms with Crippen molar-refractivity contribution >= 4 is 63.8 Å². The van der Waals surface area contributed by atoms with Gasteiger partial charge < -0.3 is 9.08 Å². The molecule has 5 aromatic rings. The second-order valence-corrected chi connectivity index (χ2v) is 26.6. The maximum absolute atomic E-state index is 16.5. The third kappa shape index (κ3) is 8.73. The number of fused-ring (bicyclic) bond motifs is 2. The minimum atomic E-state index is -6.56.